The van der Waals surface area contributed by atoms with Crippen molar-refractivity contribution in [2.45, 2.75) is 13.3 Å². The van der Waals surface area contributed by atoms with Gasteiger partial charge in [-0.3, -0.25) is 9.48 Å². The minimum Gasteiger partial charge on any atom is -0.337 e. The molecule has 2 rings (SSSR count). The predicted molar refractivity (Wildman–Crippen MR) is 73.6 cm³/mol. The summed E-state index contributed by atoms with van der Waals surface area (Å²) in [4.78, 5) is 14.2. The van der Waals surface area contributed by atoms with E-state index in [0.29, 0.717) is 16.4 Å². The lowest BCUT2D eigenvalue weighted by atomic mass is 10.2. The van der Waals surface area contributed by atoms with Gasteiger partial charge in [0.1, 0.15) is 5.15 Å². The first-order valence-electron chi connectivity index (χ1n) is 5.80. The number of aryl methyl sites for hydroxylation is 2. The van der Waals surface area contributed by atoms with Crippen LogP contribution in [0.15, 0.2) is 0 Å². The van der Waals surface area contributed by atoms with Crippen LogP contribution in [0.4, 0.5) is 0 Å². The van der Waals surface area contributed by atoms with Crippen molar-refractivity contribution in [1.29, 1.82) is 0 Å². The molecule has 1 aliphatic heterocycles. The molecule has 2 heterocycles. The number of hydrogen-bond acceptors (Lipinski definition) is 3. The second kappa shape index (κ2) is 6.41. The molecule has 0 radical (unpaired) electrons. The van der Waals surface area contributed by atoms with E-state index in [1.165, 1.54) is 0 Å². The van der Waals surface area contributed by atoms with Crippen LogP contribution in [-0.4, -0.2) is 46.8 Å². The third kappa shape index (κ3) is 2.96. The smallest absolute Gasteiger partial charge is 0.258 e. The number of carbonyl (C=O) groups is 1. The van der Waals surface area contributed by atoms with Gasteiger partial charge >= 0.3 is 0 Å². The maximum atomic E-state index is 12.4. The first-order valence-corrected chi connectivity index (χ1v) is 6.18. The van der Waals surface area contributed by atoms with Crippen molar-refractivity contribution in [3.63, 3.8) is 0 Å². The topological polar surface area (TPSA) is 50.2 Å². The fraction of sp³-hybridized carbons (Fsp3) is 0.636. The zero-order chi connectivity index (χ0) is 12.4. The summed E-state index contributed by atoms with van der Waals surface area (Å²) in [6.45, 7) is 5.11. The number of nitrogens with one attached hydrogen (secondary N) is 1. The van der Waals surface area contributed by atoms with Crippen molar-refractivity contribution < 1.29 is 4.79 Å². The van der Waals surface area contributed by atoms with Crippen LogP contribution >= 0.6 is 24.0 Å². The van der Waals surface area contributed by atoms with Gasteiger partial charge in [-0.15, -0.1) is 12.4 Å². The van der Waals surface area contributed by atoms with E-state index in [4.69, 9.17) is 11.6 Å². The van der Waals surface area contributed by atoms with Gasteiger partial charge in [0.25, 0.3) is 5.91 Å². The Hall–Kier alpha value is -0.780. The van der Waals surface area contributed by atoms with Gasteiger partial charge in [-0.25, -0.2) is 0 Å². The Morgan fingerprint density at radius 1 is 1.39 bits per heavy atom. The van der Waals surface area contributed by atoms with E-state index in [1.54, 1.807) is 11.7 Å². The Morgan fingerprint density at radius 3 is 2.72 bits per heavy atom. The molecule has 18 heavy (non-hydrogen) atoms. The van der Waals surface area contributed by atoms with Crippen LogP contribution in [0.2, 0.25) is 5.15 Å². The van der Waals surface area contributed by atoms with Crippen molar-refractivity contribution >= 4 is 29.9 Å². The first-order chi connectivity index (χ1) is 8.11. The zero-order valence-electron chi connectivity index (χ0n) is 10.6. The summed E-state index contributed by atoms with van der Waals surface area (Å²) in [5.41, 5.74) is 1.23. The van der Waals surface area contributed by atoms with Gasteiger partial charge < -0.3 is 10.2 Å². The summed E-state index contributed by atoms with van der Waals surface area (Å²) < 4.78 is 1.54. The van der Waals surface area contributed by atoms with Crippen LogP contribution in [0.1, 0.15) is 22.5 Å². The molecule has 0 saturated carbocycles. The number of rotatable bonds is 1. The summed E-state index contributed by atoms with van der Waals surface area (Å²) in [6.07, 6.45) is 0.975. The van der Waals surface area contributed by atoms with Gasteiger partial charge in [0, 0.05) is 26.7 Å². The van der Waals surface area contributed by atoms with E-state index >= 15 is 0 Å². The first kappa shape index (κ1) is 15.3. The van der Waals surface area contributed by atoms with Crippen molar-refractivity contribution in [2.24, 2.45) is 7.05 Å². The monoisotopic (exact) mass is 292 g/mol. The second-order valence-electron chi connectivity index (χ2n) is 4.27. The van der Waals surface area contributed by atoms with Gasteiger partial charge in [0.2, 0.25) is 0 Å². The van der Waals surface area contributed by atoms with E-state index in [0.717, 1.165) is 32.6 Å². The molecule has 0 bridgehead atoms. The molecule has 0 spiro atoms. The molecule has 1 fully saturated rings. The Kier molecular flexibility index (Phi) is 5.44. The van der Waals surface area contributed by atoms with Crippen LogP contribution < -0.4 is 5.32 Å². The Balaban J connectivity index is 0.00000162. The second-order valence-corrected chi connectivity index (χ2v) is 4.63. The van der Waals surface area contributed by atoms with Gasteiger partial charge in [0.15, 0.2) is 0 Å². The highest BCUT2D eigenvalue weighted by molar-refractivity contribution is 6.33. The summed E-state index contributed by atoms with van der Waals surface area (Å²) >= 11 is 6.11. The molecule has 1 amide bonds. The van der Waals surface area contributed by atoms with E-state index in [-0.39, 0.29) is 18.3 Å². The number of halogens is 2. The highest BCUT2D eigenvalue weighted by atomic mass is 35.5. The third-order valence-electron chi connectivity index (χ3n) is 2.99. The fourth-order valence-electron chi connectivity index (χ4n) is 2.08. The molecule has 5 nitrogen and oxygen atoms in total. The molecule has 0 unspecified atom stereocenters. The molecule has 1 aromatic rings. The molecular weight excluding hydrogens is 275 g/mol. The van der Waals surface area contributed by atoms with Crippen LogP contribution in [0.25, 0.3) is 0 Å². The van der Waals surface area contributed by atoms with Gasteiger partial charge in [-0.05, 0) is 19.9 Å². The Labute approximate surface area is 118 Å². The molecule has 1 N–H and O–H groups in total. The number of nitrogens with zero attached hydrogens (tertiary/aromatic N) is 3. The van der Waals surface area contributed by atoms with Gasteiger partial charge in [-0.2, -0.15) is 5.10 Å². The standard InChI is InChI=1S/C11H17ClN4O.ClH/c1-8-9(10(12)15(2)14-8)11(17)16-6-3-4-13-5-7-16;/h13H,3-7H2,1-2H3;1H. The summed E-state index contributed by atoms with van der Waals surface area (Å²) in [7, 11) is 1.75. The van der Waals surface area contributed by atoms with E-state index in [9.17, 15) is 4.79 Å². The summed E-state index contributed by atoms with van der Waals surface area (Å²) in [6, 6.07) is 0. The lowest BCUT2D eigenvalue weighted by Gasteiger charge is -2.19. The highest BCUT2D eigenvalue weighted by Gasteiger charge is 2.24. The quantitative estimate of drug-likeness (QED) is 0.847. The predicted octanol–water partition coefficient (Wildman–Crippen LogP) is 1.24. The highest BCUT2D eigenvalue weighted by Crippen LogP contribution is 2.20. The average Bonchev–Trinajstić information content (AvgIpc) is 2.52. The summed E-state index contributed by atoms with van der Waals surface area (Å²) in [5.74, 6) is -0.00991. The van der Waals surface area contributed by atoms with E-state index in [2.05, 4.69) is 10.4 Å². The molecule has 1 aliphatic rings. The average molecular weight is 293 g/mol. The van der Waals surface area contributed by atoms with Crippen molar-refractivity contribution in [3.8, 4) is 0 Å². The van der Waals surface area contributed by atoms with Crippen molar-refractivity contribution in [1.82, 2.24) is 20.0 Å². The molecule has 7 heteroatoms. The number of amides is 1. The minimum atomic E-state index is -0.00991. The molecular formula is C11H18Cl2N4O. The number of carbonyl (C=O) groups excluding carboxylic acids is 1. The summed E-state index contributed by atoms with van der Waals surface area (Å²) in [5, 5.41) is 7.86. The number of aromatic nitrogens is 2. The Morgan fingerprint density at radius 2 is 2.11 bits per heavy atom. The molecule has 1 saturated heterocycles. The van der Waals surface area contributed by atoms with Crippen LogP contribution in [0.3, 0.4) is 0 Å². The van der Waals surface area contributed by atoms with Crippen LogP contribution in [0, 0.1) is 6.92 Å². The van der Waals surface area contributed by atoms with Crippen molar-refractivity contribution in [2.75, 3.05) is 26.2 Å². The maximum Gasteiger partial charge on any atom is 0.258 e. The molecule has 0 atom stereocenters. The number of hydrogen-bond donors (Lipinski definition) is 1. The maximum absolute atomic E-state index is 12.4. The lowest BCUT2D eigenvalue weighted by Crippen LogP contribution is -2.34. The zero-order valence-corrected chi connectivity index (χ0v) is 12.1. The molecule has 0 aromatic carbocycles. The molecule has 102 valence electrons. The minimum absolute atomic E-state index is 0. The Bertz CT molecular complexity index is 425. The molecule has 1 aromatic heterocycles. The van der Waals surface area contributed by atoms with Gasteiger partial charge in [-0.1, -0.05) is 11.6 Å². The fourth-order valence-corrected chi connectivity index (χ4v) is 2.34. The van der Waals surface area contributed by atoms with Crippen LogP contribution in [-0.2, 0) is 7.05 Å². The van der Waals surface area contributed by atoms with E-state index in [1.807, 2.05) is 11.8 Å². The van der Waals surface area contributed by atoms with Crippen LogP contribution in [0.5, 0.6) is 0 Å². The SMILES string of the molecule is Cc1nn(C)c(Cl)c1C(=O)N1CCCNCC1.Cl. The third-order valence-corrected chi connectivity index (χ3v) is 3.43. The van der Waals surface area contributed by atoms with Gasteiger partial charge in [0.05, 0.1) is 11.3 Å². The normalized spacial score (nSPS) is 16.1. The van der Waals surface area contributed by atoms with Crippen molar-refractivity contribution in [3.05, 3.63) is 16.4 Å². The molecule has 0 aliphatic carbocycles. The largest absolute Gasteiger partial charge is 0.337 e. The lowest BCUT2D eigenvalue weighted by molar-refractivity contribution is 0.0766. The van der Waals surface area contributed by atoms with E-state index < -0.39 is 0 Å².